The minimum absolute atomic E-state index is 0.228. The number of benzene rings is 1. The smallest absolute Gasteiger partial charge is 0.245 e. The minimum atomic E-state index is -3.51. The highest BCUT2D eigenvalue weighted by Gasteiger charge is 2.32. The van der Waals surface area contributed by atoms with E-state index < -0.39 is 10.0 Å². The van der Waals surface area contributed by atoms with E-state index in [2.05, 4.69) is 14.0 Å². The third kappa shape index (κ3) is 2.80. The molecular weight excluding hydrogens is 308 g/mol. The van der Waals surface area contributed by atoms with Crippen LogP contribution in [-0.2, 0) is 21.4 Å². The molecular formula is C13H18N4O2S2. The number of fused-ring (bicyclic) bond motifs is 1. The molecule has 1 unspecified atom stereocenters. The molecule has 1 aromatic rings. The predicted molar refractivity (Wildman–Crippen MR) is 83.4 cm³/mol. The molecule has 1 saturated heterocycles. The Kier molecular flexibility index (Phi) is 4.21. The number of hydrogen-bond donors (Lipinski definition) is 1. The standard InChI is InChI=1S/C13H18N4O2S2/c1-2-14-10-5-4-8-17(9-10)21(18,19)12-7-3-6-11-13(12)16-20-15-11/h3,6-7,10,14H,2,4-5,8-9H2,1H3. The molecule has 8 heteroatoms. The lowest BCUT2D eigenvalue weighted by molar-refractivity contribution is 0.286. The van der Waals surface area contributed by atoms with Crippen LogP contribution in [0.1, 0.15) is 19.8 Å². The molecule has 0 bridgehead atoms. The molecule has 2 aliphatic rings. The number of hydrogen-bond acceptors (Lipinski definition) is 5. The van der Waals surface area contributed by atoms with E-state index in [-0.39, 0.29) is 10.9 Å². The second kappa shape index (κ2) is 5.96. The van der Waals surface area contributed by atoms with Crippen LogP contribution >= 0.6 is 0 Å². The Balaban J connectivity index is 1.91. The van der Waals surface area contributed by atoms with E-state index in [1.807, 2.05) is 6.92 Å². The average molecular weight is 326 g/mol. The summed E-state index contributed by atoms with van der Waals surface area (Å²) >= 11 is 1.04. The van der Waals surface area contributed by atoms with Crippen molar-refractivity contribution in [2.24, 2.45) is 8.73 Å². The van der Waals surface area contributed by atoms with Crippen molar-refractivity contribution >= 4 is 32.8 Å². The van der Waals surface area contributed by atoms with E-state index in [4.69, 9.17) is 0 Å². The Bertz CT molecular complexity index is 709. The molecule has 0 amide bonds. The summed E-state index contributed by atoms with van der Waals surface area (Å²) in [6.45, 7) is 3.97. The van der Waals surface area contributed by atoms with Crippen molar-refractivity contribution in [1.29, 1.82) is 0 Å². The van der Waals surface area contributed by atoms with Crippen molar-refractivity contribution in [2.75, 3.05) is 19.6 Å². The molecule has 0 saturated carbocycles. The lowest BCUT2D eigenvalue weighted by Crippen LogP contribution is -2.47. The summed E-state index contributed by atoms with van der Waals surface area (Å²) < 4.78 is 35.6. The maximum atomic E-state index is 12.9. The lowest BCUT2D eigenvalue weighted by Gasteiger charge is -2.32. The fourth-order valence-electron chi connectivity index (χ4n) is 2.74. The van der Waals surface area contributed by atoms with Crippen LogP contribution in [0.4, 0.5) is 11.4 Å². The maximum absolute atomic E-state index is 12.9. The molecule has 1 N–H and O–H groups in total. The molecule has 0 radical (unpaired) electrons. The summed E-state index contributed by atoms with van der Waals surface area (Å²) in [5.74, 6) is 0. The van der Waals surface area contributed by atoms with Gasteiger partial charge in [0.05, 0.1) is 11.4 Å². The Morgan fingerprint density at radius 2 is 2.29 bits per heavy atom. The molecule has 1 fully saturated rings. The topological polar surface area (TPSA) is 74.1 Å². The van der Waals surface area contributed by atoms with Crippen LogP contribution in [0.2, 0.25) is 0 Å². The fourth-order valence-corrected chi connectivity index (χ4v) is 5.02. The van der Waals surface area contributed by atoms with Crippen molar-refractivity contribution in [3.63, 3.8) is 0 Å². The first-order chi connectivity index (χ1) is 10.1. The van der Waals surface area contributed by atoms with Gasteiger partial charge in [0, 0.05) is 19.1 Å². The largest absolute Gasteiger partial charge is 0.313 e. The van der Waals surface area contributed by atoms with Gasteiger partial charge in [0.25, 0.3) is 0 Å². The summed E-state index contributed by atoms with van der Waals surface area (Å²) in [5, 5.41) is 3.34. The molecule has 2 aliphatic heterocycles. The summed E-state index contributed by atoms with van der Waals surface area (Å²) in [6, 6.07) is 5.36. The second-order valence-corrected chi connectivity index (χ2v) is 7.58. The number of piperidine rings is 1. The zero-order valence-electron chi connectivity index (χ0n) is 11.8. The van der Waals surface area contributed by atoms with Gasteiger partial charge in [-0.1, -0.05) is 13.0 Å². The zero-order chi connectivity index (χ0) is 14.9. The first-order valence-electron chi connectivity index (χ1n) is 7.07. The van der Waals surface area contributed by atoms with E-state index in [9.17, 15) is 8.42 Å². The van der Waals surface area contributed by atoms with Gasteiger partial charge in [0.15, 0.2) is 0 Å². The molecule has 2 heterocycles. The monoisotopic (exact) mass is 326 g/mol. The highest BCUT2D eigenvalue weighted by molar-refractivity contribution is 7.89. The van der Waals surface area contributed by atoms with Crippen molar-refractivity contribution in [3.8, 4) is 0 Å². The Labute approximate surface area is 128 Å². The van der Waals surface area contributed by atoms with Gasteiger partial charge in [-0.25, -0.2) is 8.42 Å². The minimum Gasteiger partial charge on any atom is -0.313 e. The van der Waals surface area contributed by atoms with Crippen molar-refractivity contribution < 1.29 is 8.42 Å². The lowest BCUT2D eigenvalue weighted by atomic mass is 10.1. The van der Waals surface area contributed by atoms with Crippen LogP contribution in [-0.4, -0.2) is 38.4 Å². The summed E-state index contributed by atoms with van der Waals surface area (Å²) in [5.41, 5.74) is 1.12. The van der Waals surface area contributed by atoms with Crippen molar-refractivity contribution in [2.45, 2.75) is 30.7 Å². The van der Waals surface area contributed by atoms with E-state index >= 15 is 0 Å². The van der Waals surface area contributed by atoms with Crippen molar-refractivity contribution in [1.82, 2.24) is 9.62 Å². The first-order valence-corrected chi connectivity index (χ1v) is 9.25. The van der Waals surface area contributed by atoms with Crippen LogP contribution in [0.25, 0.3) is 0 Å². The zero-order valence-corrected chi connectivity index (χ0v) is 13.5. The van der Waals surface area contributed by atoms with E-state index in [0.29, 0.717) is 24.5 Å². The Morgan fingerprint density at radius 3 is 3.10 bits per heavy atom. The van der Waals surface area contributed by atoms with E-state index in [0.717, 1.165) is 30.7 Å². The van der Waals surface area contributed by atoms with Gasteiger partial charge in [-0.2, -0.15) is 13.0 Å². The summed E-state index contributed by atoms with van der Waals surface area (Å²) in [6.07, 6.45) is 1.89. The highest BCUT2D eigenvalue weighted by atomic mass is 32.2. The Hall–Kier alpha value is -1.09. The van der Waals surface area contributed by atoms with Crippen molar-refractivity contribution in [3.05, 3.63) is 18.2 Å². The first kappa shape index (κ1) is 14.8. The molecule has 3 rings (SSSR count). The normalized spacial score (nSPS) is 22.0. The number of nitrogens with one attached hydrogen (secondary N) is 1. The highest BCUT2D eigenvalue weighted by Crippen LogP contribution is 2.38. The fraction of sp³-hybridized carbons (Fsp3) is 0.538. The number of sulfonamides is 1. The number of nitrogens with zero attached hydrogens (tertiary/aromatic N) is 3. The molecule has 0 spiro atoms. The second-order valence-electron chi connectivity index (χ2n) is 5.15. The van der Waals surface area contributed by atoms with E-state index in [1.165, 1.54) is 0 Å². The van der Waals surface area contributed by atoms with Gasteiger partial charge >= 0.3 is 0 Å². The van der Waals surface area contributed by atoms with Gasteiger partial charge in [0.2, 0.25) is 10.0 Å². The molecule has 114 valence electrons. The van der Waals surface area contributed by atoms with Gasteiger partial charge in [-0.05, 0) is 31.5 Å². The summed E-state index contributed by atoms with van der Waals surface area (Å²) in [4.78, 5) is 0.269. The molecule has 0 aromatic heterocycles. The van der Waals surface area contributed by atoms with Crippen LogP contribution < -0.4 is 5.32 Å². The SMILES string of the molecule is CCNC1CCCN(S(=O)(=O)c2cccc3c2N=S=N3)C1. The molecule has 1 atom stereocenters. The Morgan fingerprint density at radius 1 is 1.43 bits per heavy atom. The predicted octanol–water partition coefficient (Wildman–Crippen LogP) is 2.18. The summed E-state index contributed by atoms with van der Waals surface area (Å²) in [7, 11) is -3.51. The van der Waals surface area contributed by atoms with Crippen LogP contribution in [0.5, 0.6) is 0 Å². The van der Waals surface area contributed by atoms with Gasteiger partial charge in [-0.3, -0.25) is 0 Å². The van der Waals surface area contributed by atoms with Gasteiger partial charge < -0.3 is 5.32 Å². The van der Waals surface area contributed by atoms with Crippen LogP contribution in [0, 0.1) is 0 Å². The molecule has 6 nitrogen and oxygen atoms in total. The third-order valence-corrected chi connectivity index (χ3v) is 6.18. The third-order valence-electron chi connectivity index (χ3n) is 3.74. The molecule has 21 heavy (non-hydrogen) atoms. The maximum Gasteiger partial charge on any atom is 0.245 e. The van der Waals surface area contributed by atoms with Crippen LogP contribution in [0.15, 0.2) is 31.8 Å². The number of likely N-dealkylation sites (N-methyl/N-ethyl adjacent to an activating group) is 1. The molecule has 1 aromatic carbocycles. The van der Waals surface area contributed by atoms with Gasteiger partial charge in [0.1, 0.15) is 16.3 Å². The van der Waals surface area contributed by atoms with Gasteiger partial charge in [-0.15, -0.1) is 0 Å². The van der Waals surface area contributed by atoms with Crippen LogP contribution in [0.3, 0.4) is 0 Å². The number of rotatable bonds is 4. The average Bonchev–Trinajstić information content (AvgIpc) is 2.96. The van der Waals surface area contributed by atoms with E-state index in [1.54, 1.807) is 22.5 Å². The molecule has 0 aliphatic carbocycles. The quantitative estimate of drug-likeness (QED) is 0.936.